The summed E-state index contributed by atoms with van der Waals surface area (Å²) >= 11 is 0. The van der Waals surface area contributed by atoms with E-state index in [9.17, 15) is 14.0 Å². The maximum atomic E-state index is 13.5. The third-order valence-corrected chi connectivity index (χ3v) is 7.24. The number of likely N-dealkylation sites (tertiary alicyclic amines) is 2. The predicted octanol–water partition coefficient (Wildman–Crippen LogP) is 2.26. The molecule has 3 saturated heterocycles. The second-order valence-electron chi connectivity index (χ2n) is 9.46. The van der Waals surface area contributed by atoms with Crippen LogP contribution < -0.4 is 5.32 Å². The van der Waals surface area contributed by atoms with Crippen molar-refractivity contribution in [1.29, 1.82) is 0 Å². The Morgan fingerprint density at radius 3 is 2.62 bits per heavy atom. The van der Waals surface area contributed by atoms with Crippen LogP contribution in [0.25, 0.3) is 0 Å². The van der Waals surface area contributed by atoms with Crippen LogP contribution in [0.3, 0.4) is 0 Å². The van der Waals surface area contributed by atoms with Gasteiger partial charge in [-0.15, -0.1) is 0 Å². The molecule has 0 spiro atoms. The zero-order valence-corrected chi connectivity index (χ0v) is 19.3. The van der Waals surface area contributed by atoms with Gasteiger partial charge < -0.3 is 24.4 Å². The number of aryl methyl sites for hydroxylation is 1. The van der Waals surface area contributed by atoms with Gasteiger partial charge >= 0.3 is 6.03 Å². The van der Waals surface area contributed by atoms with E-state index in [0.29, 0.717) is 50.2 Å². The zero-order valence-electron chi connectivity index (χ0n) is 19.3. The number of carbonyl (C=O) groups is 2. The fraction of sp³-hybridized carbons (Fsp3) is 0.583. The quantitative estimate of drug-likeness (QED) is 0.734. The number of nitrogens with zero attached hydrogens (tertiary/aromatic N) is 4. The molecular weight excluding hydrogens is 441 g/mol. The molecule has 9 nitrogen and oxygen atoms in total. The molecule has 5 rings (SSSR count). The fourth-order valence-electron chi connectivity index (χ4n) is 5.44. The molecule has 2 unspecified atom stereocenters. The van der Waals surface area contributed by atoms with Gasteiger partial charge in [0.05, 0.1) is 12.1 Å². The maximum absolute atomic E-state index is 13.5. The second kappa shape index (κ2) is 9.69. The molecule has 2 aromatic rings. The van der Waals surface area contributed by atoms with E-state index in [2.05, 4.69) is 15.5 Å². The smallest absolute Gasteiger partial charge is 0.320 e. The van der Waals surface area contributed by atoms with E-state index in [1.54, 1.807) is 6.92 Å². The summed E-state index contributed by atoms with van der Waals surface area (Å²) in [5.41, 5.74) is 1.04. The van der Waals surface area contributed by atoms with Gasteiger partial charge in [-0.2, -0.15) is 4.98 Å². The van der Waals surface area contributed by atoms with Crippen LogP contribution in [0.4, 0.5) is 9.18 Å². The van der Waals surface area contributed by atoms with Crippen molar-refractivity contribution in [3.8, 4) is 0 Å². The number of urea groups is 1. The van der Waals surface area contributed by atoms with Gasteiger partial charge in [0, 0.05) is 32.6 Å². The van der Waals surface area contributed by atoms with Crippen LogP contribution >= 0.6 is 0 Å². The van der Waals surface area contributed by atoms with Gasteiger partial charge in [-0.1, -0.05) is 17.3 Å². The highest BCUT2D eigenvalue weighted by molar-refractivity contribution is 5.79. The topological polar surface area (TPSA) is 101 Å². The molecular formula is C24H30FN5O4. The lowest BCUT2D eigenvalue weighted by Crippen LogP contribution is -2.62. The Bertz CT molecular complexity index is 1020. The van der Waals surface area contributed by atoms with Crippen molar-refractivity contribution in [3.05, 3.63) is 47.4 Å². The molecule has 0 saturated carbocycles. The third-order valence-electron chi connectivity index (χ3n) is 7.24. The minimum absolute atomic E-state index is 0.0163. The number of benzene rings is 1. The predicted molar refractivity (Wildman–Crippen MR) is 119 cm³/mol. The highest BCUT2D eigenvalue weighted by Gasteiger charge is 2.38. The lowest BCUT2D eigenvalue weighted by Gasteiger charge is -2.44. The van der Waals surface area contributed by atoms with Crippen molar-refractivity contribution in [3.63, 3.8) is 0 Å². The van der Waals surface area contributed by atoms with Crippen LogP contribution in [-0.2, 0) is 16.0 Å². The summed E-state index contributed by atoms with van der Waals surface area (Å²) in [4.78, 5) is 33.0. The minimum Gasteiger partial charge on any atom is -0.366 e. The monoisotopic (exact) mass is 471 g/mol. The number of fused-ring (bicyclic) bond motifs is 1. The summed E-state index contributed by atoms with van der Waals surface area (Å²) in [5.74, 6) is 1.18. The molecule has 4 heterocycles. The number of hydrogen-bond donors (Lipinski definition) is 1. The zero-order chi connectivity index (χ0) is 23.7. The Labute approximate surface area is 197 Å². The minimum atomic E-state index is -0.264. The molecule has 3 aliphatic rings. The van der Waals surface area contributed by atoms with E-state index in [1.807, 2.05) is 21.9 Å². The summed E-state index contributed by atoms with van der Waals surface area (Å²) < 4.78 is 24.5. The standard InChI is InChI=1S/C24H30FN5O4/c1-15-26-23(34-28-15)12-19(16-2-4-18(25)5-3-16)17-6-9-29(10-7-17)24(32)30-11-8-21-20(13-30)27-22(31)14-33-21/h2-5,17,19-21H,6-14H2,1H3,(H,27,31)/t19?,20?,21-/m0/s1. The SMILES string of the molecule is Cc1noc(CC(c2ccc(F)cc2)C2CCN(C(=O)N3CC[C@@H]4OCC(=O)NC4C3)CC2)n1. The van der Waals surface area contributed by atoms with Crippen molar-refractivity contribution < 1.29 is 23.2 Å². The van der Waals surface area contributed by atoms with Crippen molar-refractivity contribution in [2.75, 3.05) is 32.8 Å². The summed E-state index contributed by atoms with van der Waals surface area (Å²) in [5, 5.41) is 6.86. The first-order valence-electron chi connectivity index (χ1n) is 12.0. The van der Waals surface area contributed by atoms with Gasteiger partial charge in [-0.25, -0.2) is 9.18 Å². The maximum Gasteiger partial charge on any atom is 0.320 e. The summed E-state index contributed by atoms with van der Waals surface area (Å²) in [7, 11) is 0. The van der Waals surface area contributed by atoms with E-state index < -0.39 is 0 Å². The molecule has 3 fully saturated rings. The Morgan fingerprint density at radius 1 is 1.18 bits per heavy atom. The van der Waals surface area contributed by atoms with Gasteiger partial charge in [0.15, 0.2) is 5.82 Å². The molecule has 1 aromatic carbocycles. The Hall–Kier alpha value is -3.01. The van der Waals surface area contributed by atoms with Gasteiger partial charge in [0.2, 0.25) is 11.8 Å². The number of ether oxygens (including phenoxy) is 1. The summed E-state index contributed by atoms with van der Waals surface area (Å²) in [6, 6.07) is 6.49. The highest BCUT2D eigenvalue weighted by Crippen LogP contribution is 2.36. The van der Waals surface area contributed by atoms with Crippen molar-refractivity contribution in [1.82, 2.24) is 25.3 Å². The largest absolute Gasteiger partial charge is 0.366 e. The molecule has 0 bridgehead atoms. The summed E-state index contributed by atoms with van der Waals surface area (Å²) in [6.07, 6.45) is 2.96. The molecule has 3 amide bonds. The van der Waals surface area contributed by atoms with Crippen LogP contribution in [0.15, 0.2) is 28.8 Å². The van der Waals surface area contributed by atoms with Gasteiger partial charge in [-0.05, 0) is 55.7 Å². The van der Waals surface area contributed by atoms with E-state index in [1.165, 1.54) is 12.1 Å². The molecule has 0 radical (unpaired) electrons. The van der Waals surface area contributed by atoms with Crippen molar-refractivity contribution in [2.24, 2.45) is 5.92 Å². The number of piperidine rings is 2. The molecule has 3 aliphatic heterocycles. The Kier molecular flexibility index (Phi) is 6.49. The summed E-state index contributed by atoms with van der Waals surface area (Å²) in [6.45, 7) is 4.29. The normalized spacial score (nSPS) is 24.5. The van der Waals surface area contributed by atoms with Gasteiger partial charge in [0.1, 0.15) is 12.4 Å². The fourth-order valence-corrected chi connectivity index (χ4v) is 5.44. The lowest BCUT2D eigenvalue weighted by molar-refractivity contribution is -0.139. The van der Waals surface area contributed by atoms with E-state index >= 15 is 0 Å². The first-order chi connectivity index (χ1) is 16.5. The van der Waals surface area contributed by atoms with Crippen molar-refractivity contribution in [2.45, 2.75) is 50.7 Å². The number of halogens is 1. The lowest BCUT2D eigenvalue weighted by atomic mass is 9.78. The molecule has 1 aromatic heterocycles. The van der Waals surface area contributed by atoms with Gasteiger partial charge in [0.25, 0.3) is 0 Å². The Morgan fingerprint density at radius 2 is 1.91 bits per heavy atom. The number of carbonyl (C=O) groups excluding carboxylic acids is 2. The molecule has 10 heteroatoms. The number of hydrogen-bond acceptors (Lipinski definition) is 6. The van der Waals surface area contributed by atoms with E-state index in [0.717, 1.165) is 24.8 Å². The molecule has 0 aliphatic carbocycles. The molecule has 182 valence electrons. The Balaban J connectivity index is 1.22. The number of rotatable bonds is 4. The van der Waals surface area contributed by atoms with Crippen LogP contribution in [0.5, 0.6) is 0 Å². The number of aromatic nitrogens is 2. The van der Waals surface area contributed by atoms with Gasteiger partial charge in [-0.3, -0.25) is 4.79 Å². The second-order valence-corrected chi connectivity index (χ2v) is 9.46. The van der Waals surface area contributed by atoms with Crippen LogP contribution in [-0.4, -0.2) is 76.8 Å². The van der Waals surface area contributed by atoms with Crippen LogP contribution in [0.1, 0.15) is 42.5 Å². The first kappa shape index (κ1) is 22.8. The first-order valence-corrected chi connectivity index (χ1v) is 12.0. The average Bonchev–Trinajstić information content (AvgIpc) is 3.27. The average molecular weight is 472 g/mol. The van der Waals surface area contributed by atoms with E-state index in [4.69, 9.17) is 9.26 Å². The van der Waals surface area contributed by atoms with Crippen LogP contribution in [0, 0.1) is 18.7 Å². The number of nitrogens with one attached hydrogen (secondary N) is 1. The molecule has 1 N–H and O–H groups in total. The van der Waals surface area contributed by atoms with E-state index in [-0.39, 0.29) is 42.4 Å². The number of amides is 3. The highest BCUT2D eigenvalue weighted by atomic mass is 19.1. The molecule has 3 atom stereocenters. The third kappa shape index (κ3) is 4.91. The molecule has 34 heavy (non-hydrogen) atoms. The van der Waals surface area contributed by atoms with Crippen LogP contribution in [0.2, 0.25) is 0 Å². The van der Waals surface area contributed by atoms with Crippen molar-refractivity contribution >= 4 is 11.9 Å². The number of morpholine rings is 1.